The van der Waals surface area contributed by atoms with E-state index in [1.165, 1.54) is 0 Å². The van der Waals surface area contributed by atoms with Gasteiger partial charge in [-0.1, -0.05) is 29.3 Å². The Bertz CT molecular complexity index is 553. The van der Waals surface area contributed by atoms with E-state index in [1.807, 2.05) is 6.07 Å². The summed E-state index contributed by atoms with van der Waals surface area (Å²) in [5, 5.41) is 9.58. The molecule has 1 aliphatic heterocycles. The average Bonchev–Trinajstić information content (AvgIpc) is 2.90. The fraction of sp³-hybridized carbons (Fsp3) is 0.429. The van der Waals surface area contributed by atoms with Gasteiger partial charge >= 0.3 is 5.97 Å². The molecule has 0 aliphatic carbocycles. The second-order valence-corrected chi connectivity index (χ2v) is 6.61. The van der Waals surface area contributed by atoms with Gasteiger partial charge in [-0.05, 0) is 30.5 Å². The van der Waals surface area contributed by atoms with Crippen molar-refractivity contribution in [3.8, 4) is 0 Å². The maximum Gasteiger partial charge on any atom is 0.313 e. The number of hydrogen-bond donors (Lipinski definition) is 1. The Labute approximate surface area is 137 Å². The van der Waals surface area contributed by atoms with Crippen LogP contribution in [0.2, 0.25) is 10.0 Å². The van der Waals surface area contributed by atoms with E-state index in [-0.39, 0.29) is 23.5 Å². The van der Waals surface area contributed by atoms with E-state index in [9.17, 15) is 9.59 Å². The van der Waals surface area contributed by atoms with Gasteiger partial charge < -0.3 is 10.0 Å². The molecule has 1 heterocycles. The van der Waals surface area contributed by atoms with Gasteiger partial charge in [-0.25, -0.2) is 0 Å². The summed E-state index contributed by atoms with van der Waals surface area (Å²) in [6.07, 6.45) is 1.81. The van der Waals surface area contributed by atoms with E-state index >= 15 is 0 Å². The molecule has 0 spiro atoms. The zero-order valence-electron chi connectivity index (χ0n) is 11.2. The maximum atomic E-state index is 12.2. The van der Waals surface area contributed by atoms with Gasteiger partial charge in [0.1, 0.15) is 0 Å². The van der Waals surface area contributed by atoms with Gasteiger partial charge in [-0.2, -0.15) is 0 Å². The Morgan fingerprint density at radius 1 is 1.29 bits per heavy atom. The van der Waals surface area contributed by atoms with Crippen LogP contribution in [0.4, 0.5) is 0 Å². The second-order valence-electron chi connectivity index (χ2n) is 4.81. The van der Waals surface area contributed by atoms with Gasteiger partial charge in [0.2, 0.25) is 5.91 Å². The van der Waals surface area contributed by atoms with E-state index < -0.39 is 5.97 Å². The third-order valence-corrected chi connectivity index (χ3v) is 4.99. The number of carbonyl (C=O) groups excluding carboxylic acids is 1. The lowest BCUT2D eigenvalue weighted by molar-refractivity contribution is -0.133. The van der Waals surface area contributed by atoms with Crippen molar-refractivity contribution in [3.63, 3.8) is 0 Å². The van der Waals surface area contributed by atoms with E-state index in [0.717, 1.165) is 30.2 Å². The Hall–Kier alpha value is -0.910. The van der Waals surface area contributed by atoms with Crippen LogP contribution in [-0.2, 0) is 9.59 Å². The fourth-order valence-electron chi connectivity index (χ4n) is 2.44. The highest BCUT2D eigenvalue weighted by Crippen LogP contribution is 2.35. The minimum atomic E-state index is -0.907. The highest BCUT2D eigenvalue weighted by atomic mass is 35.5. The average molecular weight is 348 g/mol. The molecule has 1 aromatic carbocycles. The molecule has 0 aromatic heterocycles. The summed E-state index contributed by atoms with van der Waals surface area (Å²) in [5.74, 6) is -0.814. The topological polar surface area (TPSA) is 57.6 Å². The number of benzene rings is 1. The lowest BCUT2D eigenvalue weighted by Gasteiger charge is -2.25. The third-order valence-electron chi connectivity index (χ3n) is 3.35. The van der Waals surface area contributed by atoms with Crippen molar-refractivity contribution >= 4 is 46.8 Å². The summed E-state index contributed by atoms with van der Waals surface area (Å²) in [6.45, 7) is 0.692. The van der Waals surface area contributed by atoms with Gasteiger partial charge in [0.15, 0.2) is 0 Å². The Morgan fingerprint density at radius 2 is 2.05 bits per heavy atom. The molecule has 4 nitrogen and oxygen atoms in total. The number of likely N-dealkylation sites (tertiary alicyclic amines) is 1. The number of carbonyl (C=O) groups is 2. The molecular formula is C14H15Cl2NO3S. The molecule has 1 saturated heterocycles. The summed E-state index contributed by atoms with van der Waals surface area (Å²) in [5.41, 5.74) is 0.971. The molecule has 0 bridgehead atoms. The molecule has 1 N–H and O–H groups in total. The van der Waals surface area contributed by atoms with Crippen molar-refractivity contribution in [3.05, 3.63) is 33.8 Å². The fourth-order valence-corrected chi connectivity index (χ4v) is 3.36. The number of carboxylic acids is 1. The van der Waals surface area contributed by atoms with Crippen molar-refractivity contribution in [1.82, 2.24) is 4.90 Å². The Balaban J connectivity index is 2.03. The largest absolute Gasteiger partial charge is 0.481 e. The van der Waals surface area contributed by atoms with Crippen LogP contribution >= 0.6 is 35.0 Å². The number of nitrogens with zero attached hydrogens (tertiary/aromatic N) is 1. The van der Waals surface area contributed by atoms with Crippen LogP contribution in [0, 0.1) is 0 Å². The number of thioether (sulfide) groups is 1. The molecule has 7 heteroatoms. The number of carboxylic acid groups (broad SMARTS) is 1. The SMILES string of the molecule is O=C(O)CSCC(=O)N1CCCC1c1ccc(Cl)c(Cl)c1. The van der Waals surface area contributed by atoms with Gasteiger partial charge in [0, 0.05) is 6.54 Å². The molecule has 1 aromatic rings. The number of aliphatic carboxylic acids is 1. The predicted octanol–water partition coefficient (Wildman–Crippen LogP) is 3.47. The van der Waals surface area contributed by atoms with Crippen molar-refractivity contribution in [2.75, 3.05) is 18.1 Å². The molecule has 2 rings (SSSR count). The van der Waals surface area contributed by atoms with E-state index in [1.54, 1.807) is 17.0 Å². The summed E-state index contributed by atoms with van der Waals surface area (Å²) in [6, 6.07) is 5.41. The normalized spacial score (nSPS) is 18.0. The first-order valence-corrected chi connectivity index (χ1v) is 8.44. The van der Waals surface area contributed by atoms with E-state index in [4.69, 9.17) is 28.3 Å². The van der Waals surface area contributed by atoms with Crippen LogP contribution in [0.1, 0.15) is 24.4 Å². The maximum absolute atomic E-state index is 12.2. The van der Waals surface area contributed by atoms with Crippen molar-refractivity contribution in [2.24, 2.45) is 0 Å². The Morgan fingerprint density at radius 3 is 2.71 bits per heavy atom. The molecule has 114 valence electrons. The van der Waals surface area contributed by atoms with Crippen LogP contribution in [0.25, 0.3) is 0 Å². The molecule has 0 radical (unpaired) electrons. The first-order chi connectivity index (χ1) is 9.99. The molecular weight excluding hydrogens is 333 g/mol. The first kappa shape index (κ1) is 16.5. The van der Waals surface area contributed by atoms with Crippen LogP contribution in [0.5, 0.6) is 0 Å². The molecule has 1 fully saturated rings. The lowest BCUT2D eigenvalue weighted by Crippen LogP contribution is -2.32. The highest BCUT2D eigenvalue weighted by molar-refractivity contribution is 8.00. The third kappa shape index (κ3) is 4.28. The quantitative estimate of drug-likeness (QED) is 0.885. The molecule has 1 aliphatic rings. The monoisotopic (exact) mass is 347 g/mol. The molecule has 1 amide bonds. The van der Waals surface area contributed by atoms with E-state index in [2.05, 4.69) is 0 Å². The highest BCUT2D eigenvalue weighted by Gasteiger charge is 2.30. The van der Waals surface area contributed by atoms with Crippen LogP contribution in [-0.4, -0.2) is 39.9 Å². The zero-order valence-corrected chi connectivity index (χ0v) is 13.5. The summed E-state index contributed by atoms with van der Waals surface area (Å²) in [7, 11) is 0. The standard InChI is InChI=1S/C14H15Cl2NO3S/c15-10-4-3-9(6-11(10)16)12-2-1-5-17(12)13(18)7-21-8-14(19)20/h3-4,6,12H,1-2,5,7-8H2,(H,19,20). The summed E-state index contributed by atoms with van der Waals surface area (Å²) in [4.78, 5) is 24.5. The lowest BCUT2D eigenvalue weighted by atomic mass is 10.0. The Kier molecular flexibility index (Phi) is 5.79. The van der Waals surface area contributed by atoms with Gasteiger partial charge in [-0.3, -0.25) is 9.59 Å². The van der Waals surface area contributed by atoms with Crippen LogP contribution < -0.4 is 0 Å². The first-order valence-electron chi connectivity index (χ1n) is 6.53. The molecule has 0 saturated carbocycles. The van der Waals surface area contributed by atoms with Gasteiger partial charge in [0.05, 0.1) is 27.6 Å². The molecule has 21 heavy (non-hydrogen) atoms. The minimum Gasteiger partial charge on any atom is -0.481 e. The molecule has 1 unspecified atom stereocenters. The van der Waals surface area contributed by atoms with Crippen LogP contribution in [0.15, 0.2) is 18.2 Å². The van der Waals surface area contributed by atoms with Crippen LogP contribution in [0.3, 0.4) is 0 Å². The van der Waals surface area contributed by atoms with Crippen molar-refractivity contribution < 1.29 is 14.7 Å². The number of halogens is 2. The van der Waals surface area contributed by atoms with Crippen molar-refractivity contribution in [2.45, 2.75) is 18.9 Å². The summed E-state index contributed by atoms with van der Waals surface area (Å²) >= 11 is 13.1. The minimum absolute atomic E-state index is 0.00213. The number of amides is 1. The van der Waals surface area contributed by atoms with E-state index in [0.29, 0.717) is 16.6 Å². The van der Waals surface area contributed by atoms with Gasteiger partial charge in [-0.15, -0.1) is 11.8 Å². The zero-order chi connectivity index (χ0) is 15.4. The molecule has 1 atom stereocenters. The summed E-state index contributed by atoms with van der Waals surface area (Å²) < 4.78 is 0. The van der Waals surface area contributed by atoms with Gasteiger partial charge in [0.25, 0.3) is 0 Å². The van der Waals surface area contributed by atoms with Crippen molar-refractivity contribution in [1.29, 1.82) is 0 Å². The predicted molar refractivity (Wildman–Crippen MR) is 85.1 cm³/mol. The smallest absolute Gasteiger partial charge is 0.313 e. The number of hydrogen-bond acceptors (Lipinski definition) is 3. The second kappa shape index (κ2) is 7.38. The number of rotatable bonds is 5.